The zero-order valence-electron chi connectivity index (χ0n) is 10.2. The monoisotopic (exact) mass is 321 g/mol. The molecule has 0 fully saturated rings. The molecule has 0 atom stereocenters. The highest BCUT2D eigenvalue weighted by atomic mass is 79.9. The fourth-order valence-electron chi connectivity index (χ4n) is 1.59. The number of nitrogens with one attached hydrogen (secondary N) is 1. The van der Waals surface area contributed by atoms with Gasteiger partial charge in [0.2, 0.25) is 0 Å². The Morgan fingerprint density at radius 2 is 2.05 bits per heavy atom. The Bertz CT molecular complexity index is 613. The van der Waals surface area contributed by atoms with Crippen LogP contribution in [0.15, 0.2) is 46.9 Å². The molecule has 0 aliphatic carbocycles. The van der Waals surface area contributed by atoms with E-state index in [4.69, 9.17) is 4.74 Å². The fraction of sp³-hybridized carbons (Fsp3) is 0.0714. The van der Waals surface area contributed by atoms with E-state index < -0.39 is 0 Å². The first kappa shape index (κ1) is 13.4. The molecule has 0 radical (unpaired) electrons. The van der Waals surface area contributed by atoms with Crippen molar-refractivity contribution in [1.82, 2.24) is 0 Å². The molecule has 19 heavy (non-hydrogen) atoms. The van der Waals surface area contributed by atoms with Crippen LogP contribution < -0.4 is 10.1 Å². The number of carbonyl (C=O) groups is 1. The van der Waals surface area contributed by atoms with Gasteiger partial charge < -0.3 is 15.2 Å². The number of benzene rings is 2. The SMILES string of the molecule is COc1cccc(NC(=O)c2cc(Br)ccc2O)c1. The summed E-state index contributed by atoms with van der Waals surface area (Å²) in [6, 6.07) is 11.7. The number of amides is 1. The van der Waals surface area contributed by atoms with E-state index in [2.05, 4.69) is 21.2 Å². The molecule has 0 bridgehead atoms. The Kier molecular flexibility index (Phi) is 4.06. The van der Waals surface area contributed by atoms with Crippen molar-refractivity contribution in [3.8, 4) is 11.5 Å². The van der Waals surface area contributed by atoms with Gasteiger partial charge in [0.05, 0.1) is 12.7 Å². The van der Waals surface area contributed by atoms with Crippen molar-refractivity contribution < 1.29 is 14.6 Å². The molecule has 0 aromatic heterocycles. The number of halogens is 1. The van der Waals surface area contributed by atoms with Crippen molar-refractivity contribution in [2.24, 2.45) is 0 Å². The van der Waals surface area contributed by atoms with E-state index in [0.717, 1.165) is 4.47 Å². The Hall–Kier alpha value is -2.01. The van der Waals surface area contributed by atoms with Crippen molar-refractivity contribution in [1.29, 1.82) is 0 Å². The summed E-state index contributed by atoms with van der Waals surface area (Å²) in [5.74, 6) is 0.201. The second-order valence-electron chi connectivity index (χ2n) is 3.85. The molecule has 0 saturated heterocycles. The van der Waals surface area contributed by atoms with Gasteiger partial charge >= 0.3 is 0 Å². The number of rotatable bonds is 3. The van der Waals surface area contributed by atoms with E-state index >= 15 is 0 Å². The fourth-order valence-corrected chi connectivity index (χ4v) is 1.95. The van der Waals surface area contributed by atoms with Crippen LogP contribution in [0.1, 0.15) is 10.4 Å². The van der Waals surface area contributed by atoms with Gasteiger partial charge in [-0.2, -0.15) is 0 Å². The van der Waals surface area contributed by atoms with E-state index in [9.17, 15) is 9.90 Å². The highest BCUT2D eigenvalue weighted by molar-refractivity contribution is 9.10. The molecule has 0 spiro atoms. The number of methoxy groups -OCH3 is 1. The molecule has 2 aromatic carbocycles. The highest BCUT2D eigenvalue weighted by Crippen LogP contribution is 2.24. The molecule has 0 aliphatic heterocycles. The summed E-state index contributed by atoms with van der Waals surface area (Å²) in [7, 11) is 1.56. The van der Waals surface area contributed by atoms with Crippen LogP contribution in [0.25, 0.3) is 0 Å². The Morgan fingerprint density at radius 3 is 2.79 bits per heavy atom. The molecule has 0 aliphatic rings. The molecule has 0 unspecified atom stereocenters. The standard InChI is InChI=1S/C14H12BrNO3/c1-19-11-4-2-3-10(8-11)16-14(18)12-7-9(15)5-6-13(12)17/h2-8,17H,1H3,(H,16,18). The lowest BCUT2D eigenvalue weighted by Crippen LogP contribution is -2.12. The van der Waals surface area contributed by atoms with Crippen LogP contribution >= 0.6 is 15.9 Å². The largest absolute Gasteiger partial charge is 0.507 e. The maximum Gasteiger partial charge on any atom is 0.259 e. The zero-order chi connectivity index (χ0) is 13.8. The van der Waals surface area contributed by atoms with Crippen molar-refractivity contribution in [2.45, 2.75) is 0 Å². The molecule has 0 heterocycles. The van der Waals surface area contributed by atoms with Crippen molar-refractivity contribution >= 4 is 27.5 Å². The van der Waals surface area contributed by atoms with Crippen molar-refractivity contribution in [3.05, 3.63) is 52.5 Å². The highest BCUT2D eigenvalue weighted by Gasteiger charge is 2.12. The van der Waals surface area contributed by atoms with E-state index in [-0.39, 0.29) is 17.2 Å². The molecular weight excluding hydrogens is 310 g/mol. The lowest BCUT2D eigenvalue weighted by Gasteiger charge is -2.08. The van der Waals surface area contributed by atoms with E-state index in [1.54, 1.807) is 43.5 Å². The quantitative estimate of drug-likeness (QED) is 0.910. The number of phenols is 1. The maximum absolute atomic E-state index is 12.1. The summed E-state index contributed by atoms with van der Waals surface area (Å²) >= 11 is 3.26. The van der Waals surface area contributed by atoms with Gasteiger partial charge in [0.25, 0.3) is 5.91 Å². The third kappa shape index (κ3) is 3.26. The second kappa shape index (κ2) is 5.75. The van der Waals surface area contributed by atoms with E-state index in [1.165, 1.54) is 6.07 Å². The van der Waals surface area contributed by atoms with Gasteiger partial charge in [-0.05, 0) is 30.3 Å². The Labute approximate surface area is 119 Å². The average Bonchev–Trinajstić information content (AvgIpc) is 2.41. The van der Waals surface area contributed by atoms with Crippen LogP contribution in [0.3, 0.4) is 0 Å². The molecular formula is C14H12BrNO3. The maximum atomic E-state index is 12.1. The normalized spacial score (nSPS) is 10.0. The van der Waals surface area contributed by atoms with Crippen LogP contribution in [0.5, 0.6) is 11.5 Å². The van der Waals surface area contributed by atoms with Gasteiger partial charge in [-0.25, -0.2) is 0 Å². The molecule has 5 heteroatoms. The first-order chi connectivity index (χ1) is 9.10. The lowest BCUT2D eigenvalue weighted by molar-refractivity contribution is 0.102. The third-order valence-electron chi connectivity index (χ3n) is 2.53. The second-order valence-corrected chi connectivity index (χ2v) is 4.76. The first-order valence-corrected chi connectivity index (χ1v) is 6.33. The number of hydrogen-bond acceptors (Lipinski definition) is 3. The van der Waals surface area contributed by atoms with Gasteiger partial charge in [0.15, 0.2) is 0 Å². The summed E-state index contributed by atoms with van der Waals surface area (Å²) in [6.07, 6.45) is 0. The van der Waals surface area contributed by atoms with E-state index in [1.807, 2.05) is 0 Å². The van der Waals surface area contributed by atoms with Crippen LogP contribution in [0.4, 0.5) is 5.69 Å². The van der Waals surface area contributed by atoms with Gasteiger partial charge in [-0.15, -0.1) is 0 Å². The number of ether oxygens (including phenoxy) is 1. The van der Waals surface area contributed by atoms with Crippen LogP contribution in [0, 0.1) is 0 Å². The molecule has 1 amide bonds. The molecule has 2 rings (SSSR count). The minimum absolute atomic E-state index is 0.0661. The number of carbonyl (C=O) groups excluding carboxylic acids is 1. The summed E-state index contributed by atoms with van der Waals surface area (Å²) in [5, 5.41) is 12.4. The van der Waals surface area contributed by atoms with Gasteiger partial charge in [-0.1, -0.05) is 22.0 Å². The number of phenolic OH excluding ortho intramolecular Hbond substituents is 1. The summed E-state index contributed by atoms with van der Waals surface area (Å²) in [5.41, 5.74) is 0.806. The van der Waals surface area contributed by atoms with E-state index in [0.29, 0.717) is 11.4 Å². The average molecular weight is 322 g/mol. The Balaban J connectivity index is 2.23. The van der Waals surface area contributed by atoms with Gasteiger partial charge in [0, 0.05) is 16.2 Å². The number of anilines is 1. The van der Waals surface area contributed by atoms with Crippen LogP contribution in [0.2, 0.25) is 0 Å². The van der Waals surface area contributed by atoms with Gasteiger partial charge in [-0.3, -0.25) is 4.79 Å². The third-order valence-corrected chi connectivity index (χ3v) is 3.02. The number of aromatic hydroxyl groups is 1. The summed E-state index contributed by atoms with van der Waals surface area (Å²) in [4.78, 5) is 12.1. The minimum atomic E-state index is -0.382. The zero-order valence-corrected chi connectivity index (χ0v) is 11.8. The first-order valence-electron chi connectivity index (χ1n) is 5.54. The Morgan fingerprint density at radius 1 is 1.26 bits per heavy atom. The minimum Gasteiger partial charge on any atom is -0.507 e. The molecule has 0 saturated carbocycles. The predicted molar refractivity (Wildman–Crippen MR) is 76.8 cm³/mol. The topological polar surface area (TPSA) is 58.6 Å². The van der Waals surface area contributed by atoms with Crippen molar-refractivity contribution in [2.75, 3.05) is 12.4 Å². The lowest BCUT2D eigenvalue weighted by atomic mass is 10.2. The predicted octanol–water partition coefficient (Wildman–Crippen LogP) is 3.42. The summed E-state index contributed by atoms with van der Waals surface area (Å²) < 4.78 is 5.80. The van der Waals surface area contributed by atoms with Crippen LogP contribution in [-0.2, 0) is 0 Å². The molecule has 2 aromatic rings. The molecule has 4 nitrogen and oxygen atoms in total. The van der Waals surface area contributed by atoms with Crippen LogP contribution in [-0.4, -0.2) is 18.1 Å². The van der Waals surface area contributed by atoms with Crippen molar-refractivity contribution in [3.63, 3.8) is 0 Å². The molecule has 98 valence electrons. The summed E-state index contributed by atoms with van der Waals surface area (Å²) in [6.45, 7) is 0. The molecule has 2 N–H and O–H groups in total. The van der Waals surface area contributed by atoms with Gasteiger partial charge in [0.1, 0.15) is 11.5 Å². The number of hydrogen-bond donors (Lipinski definition) is 2. The smallest absolute Gasteiger partial charge is 0.259 e.